The number of hydrogen-bond donors (Lipinski definition) is 3. The van der Waals surface area contributed by atoms with Gasteiger partial charge in [-0.2, -0.15) is 0 Å². The monoisotopic (exact) mass is 196 g/mol. The number of aliphatic hydroxyl groups is 2. The first kappa shape index (κ1) is 11.1. The number of rotatable bonds is 4. The first-order valence-corrected chi connectivity index (χ1v) is 4.64. The van der Waals surface area contributed by atoms with Gasteiger partial charge in [0.2, 0.25) is 0 Å². The predicted octanol–water partition coefficient (Wildman–Crippen LogP) is 0.133. The van der Waals surface area contributed by atoms with Crippen molar-refractivity contribution in [1.29, 1.82) is 0 Å². The van der Waals surface area contributed by atoms with E-state index >= 15 is 0 Å². The van der Waals surface area contributed by atoms with Gasteiger partial charge in [0.15, 0.2) is 0 Å². The Hall–Kier alpha value is -0.970. The fourth-order valence-electron chi connectivity index (χ4n) is 1.32. The maximum atomic E-state index is 9.73. The molecular weight excluding hydrogens is 180 g/mol. The lowest BCUT2D eigenvalue weighted by molar-refractivity contribution is 0.0121. The fourth-order valence-corrected chi connectivity index (χ4v) is 1.32. The Balaban J connectivity index is 2.78. The average molecular weight is 196 g/mol. The molecule has 0 saturated heterocycles. The highest BCUT2D eigenvalue weighted by atomic mass is 16.3. The molecule has 2 unspecified atom stereocenters. The van der Waals surface area contributed by atoms with Gasteiger partial charge in [0, 0.05) is 6.20 Å². The number of aromatic nitrogens is 1. The zero-order valence-corrected chi connectivity index (χ0v) is 8.22. The molecule has 0 spiro atoms. The first-order valence-electron chi connectivity index (χ1n) is 4.64. The molecule has 0 radical (unpaired) electrons. The van der Waals surface area contributed by atoms with Gasteiger partial charge in [0.25, 0.3) is 0 Å². The number of nitrogens with zero attached hydrogens (tertiary/aromatic N) is 1. The highest BCUT2D eigenvalue weighted by Gasteiger charge is 2.19. The van der Waals surface area contributed by atoms with Gasteiger partial charge in [0.05, 0.1) is 11.8 Å². The lowest BCUT2D eigenvalue weighted by atomic mass is 10.0. The van der Waals surface area contributed by atoms with Crippen LogP contribution in [-0.2, 0) is 0 Å². The summed E-state index contributed by atoms with van der Waals surface area (Å²) in [4.78, 5) is 4.03. The minimum Gasteiger partial charge on any atom is -0.390 e. The summed E-state index contributed by atoms with van der Waals surface area (Å²) < 4.78 is 0. The normalized spacial score (nSPS) is 15.1. The summed E-state index contributed by atoms with van der Waals surface area (Å²) in [5.74, 6) is 0. The Labute approximate surface area is 83.4 Å². The van der Waals surface area contributed by atoms with E-state index in [2.05, 4.69) is 4.98 Å². The van der Waals surface area contributed by atoms with Crippen LogP contribution in [0.25, 0.3) is 0 Å². The summed E-state index contributed by atoms with van der Waals surface area (Å²) in [6.45, 7) is 2.20. The highest BCUT2D eigenvalue weighted by Crippen LogP contribution is 2.19. The van der Waals surface area contributed by atoms with Crippen LogP contribution in [0.15, 0.2) is 18.3 Å². The first-order chi connectivity index (χ1) is 6.66. The largest absolute Gasteiger partial charge is 0.390 e. The molecule has 4 nitrogen and oxygen atoms in total. The van der Waals surface area contributed by atoms with Gasteiger partial charge in [0.1, 0.15) is 6.10 Å². The quantitative estimate of drug-likeness (QED) is 0.639. The van der Waals surface area contributed by atoms with Crippen LogP contribution in [0.1, 0.15) is 23.8 Å². The molecule has 0 aliphatic heterocycles. The summed E-state index contributed by atoms with van der Waals surface area (Å²) in [7, 11) is 0. The number of hydrogen-bond acceptors (Lipinski definition) is 4. The summed E-state index contributed by atoms with van der Waals surface area (Å²) >= 11 is 0. The average Bonchev–Trinajstić information content (AvgIpc) is 2.18. The SMILES string of the molecule is Cc1cccnc1C(O)C(O)CCN. The number of nitrogens with two attached hydrogens (primary N) is 1. The van der Waals surface area contributed by atoms with Crippen LogP contribution in [0.3, 0.4) is 0 Å². The van der Waals surface area contributed by atoms with Crippen LogP contribution >= 0.6 is 0 Å². The molecule has 1 aromatic rings. The smallest absolute Gasteiger partial charge is 0.122 e. The van der Waals surface area contributed by atoms with Crippen LogP contribution in [0.5, 0.6) is 0 Å². The highest BCUT2D eigenvalue weighted by molar-refractivity contribution is 5.20. The molecule has 14 heavy (non-hydrogen) atoms. The molecule has 2 atom stereocenters. The Morgan fingerprint density at radius 1 is 1.50 bits per heavy atom. The van der Waals surface area contributed by atoms with E-state index in [0.29, 0.717) is 18.7 Å². The molecule has 0 saturated carbocycles. The topological polar surface area (TPSA) is 79.4 Å². The third-order valence-corrected chi connectivity index (χ3v) is 2.16. The maximum absolute atomic E-state index is 9.73. The molecule has 0 fully saturated rings. The van der Waals surface area contributed by atoms with Crippen LogP contribution < -0.4 is 5.73 Å². The minimum absolute atomic E-state index is 0.351. The molecule has 0 bridgehead atoms. The van der Waals surface area contributed by atoms with Gasteiger partial charge in [-0.25, -0.2) is 0 Å². The molecule has 4 heteroatoms. The summed E-state index contributed by atoms with van der Waals surface area (Å²) in [6.07, 6.45) is 0.186. The molecular formula is C10H16N2O2. The molecule has 0 aliphatic rings. The van der Waals surface area contributed by atoms with Crippen molar-refractivity contribution in [2.24, 2.45) is 5.73 Å². The Morgan fingerprint density at radius 3 is 2.79 bits per heavy atom. The van der Waals surface area contributed by atoms with Gasteiger partial charge >= 0.3 is 0 Å². The van der Waals surface area contributed by atoms with Gasteiger partial charge in [-0.3, -0.25) is 4.98 Å². The van der Waals surface area contributed by atoms with E-state index in [-0.39, 0.29) is 0 Å². The second-order valence-electron chi connectivity index (χ2n) is 3.30. The second kappa shape index (κ2) is 5.05. The lowest BCUT2D eigenvalue weighted by Gasteiger charge is -2.17. The van der Waals surface area contributed by atoms with Crippen LogP contribution in [0.2, 0.25) is 0 Å². The maximum Gasteiger partial charge on any atom is 0.122 e. The second-order valence-corrected chi connectivity index (χ2v) is 3.30. The minimum atomic E-state index is -0.945. The molecule has 0 aliphatic carbocycles. The van der Waals surface area contributed by atoms with Crippen molar-refractivity contribution in [2.75, 3.05) is 6.54 Å². The summed E-state index contributed by atoms with van der Waals surface area (Å²) in [5.41, 5.74) is 6.68. The summed E-state index contributed by atoms with van der Waals surface area (Å²) in [5, 5.41) is 19.3. The van der Waals surface area contributed by atoms with E-state index in [4.69, 9.17) is 5.73 Å². The number of aryl methyl sites for hydroxylation is 1. The van der Waals surface area contributed by atoms with Gasteiger partial charge in [-0.1, -0.05) is 6.07 Å². The van der Waals surface area contributed by atoms with E-state index in [1.54, 1.807) is 12.3 Å². The van der Waals surface area contributed by atoms with Crippen LogP contribution in [0, 0.1) is 6.92 Å². The third kappa shape index (κ3) is 2.51. The van der Waals surface area contributed by atoms with Gasteiger partial charge < -0.3 is 15.9 Å². The van der Waals surface area contributed by atoms with E-state index < -0.39 is 12.2 Å². The molecule has 4 N–H and O–H groups in total. The lowest BCUT2D eigenvalue weighted by Crippen LogP contribution is -2.23. The zero-order valence-electron chi connectivity index (χ0n) is 8.22. The van der Waals surface area contributed by atoms with Gasteiger partial charge in [-0.15, -0.1) is 0 Å². The fraction of sp³-hybridized carbons (Fsp3) is 0.500. The standard InChI is InChI=1S/C10H16N2O2/c1-7-3-2-6-12-9(7)10(14)8(13)4-5-11/h2-3,6,8,10,13-14H,4-5,11H2,1H3. The van der Waals surface area contributed by atoms with Crippen molar-refractivity contribution in [2.45, 2.75) is 25.6 Å². The molecule has 1 aromatic heterocycles. The van der Waals surface area contributed by atoms with Crippen LogP contribution in [0.4, 0.5) is 0 Å². The molecule has 78 valence electrons. The zero-order chi connectivity index (χ0) is 10.6. The van der Waals surface area contributed by atoms with Crippen molar-refractivity contribution >= 4 is 0 Å². The van der Waals surface area contributed by atoms with E-state index in [0.717, 1.165) is 5.56 Å². The number of aliphatic hydroxyl groups excluding tert-OH is 2. The van der Waals surface area contributed by atoms with Crippen molar-refractivity contribution in [3.8, 4) is 0 Å². The third-order valence-electron chi connectivity index (χ3n) is 2.16. The van der Waals surface area contributed by atoms with Crippen molar-refractivity contribution < 1.29 is 10.2 Å². The predicted molar refractivity (Wildman–Crippen MR) is 53.6 cm³/mol. The van der Waals surface area contributed by atoms with Crippen molar-refractivity contribution in [1.82, 2.24) is 4.98 Å². The van der Waals surface area contributed by atoms with E-state index in [1.807, 2.05) is 13.0 Å². The van der Waals surface area contributed by atoms with Crippen LogP contribution in [-0.4, -0.2) is 27.8 Å². The van der Waals surface area contributed by atoms with Gasteiger partial charge in [-0.05, 0) is 31.5 Å². The van der Waals surface area contributed by atoms with Crippen molar-refractivity contribution in [3.05, 3.63) is 29.6 Å². The van der Waals surface area contributed by atoms with E-state index in [9.17, 15) is 10.2 Å². The summed E-state index contributed by atoms with van der Waals surface area (Å²) in [6, 6.07) is 3.64. The molecule has 1 heterocycles. The molecule has 1 rings (SSSR count). The Bertz CT molecular complexity index is 291. The van der Waals surface area contributed by atoms with E-state index in [1.165, 1.54) is 0 Å². The molecule has 0 aromatic carbocycles. The number of pyridine rings is 1. The Morgan fingerprint density at radius 2 is 2.21 bits per heavy atom. The molecule has 0 amide bonds. The Kier molecular flexibility index (Phi) is 4.00. The van der Waals surface area contributed by atoms with Crippen molar-refractivity contribution in [3.63, 3.8) is 0 Å².